The van der Waals surface area contributed by atoms with Crippen molar-refractivity contribution < 1.29 is 0 Å². The first kappa shape index (κ1) is 10.6. The molecule has 3 heterocycles. The largest absolute Gasteiger partial charge is 0.367 e. The summed E-state index contributed by atoms with van der Waals surface area (Å²) in [5.41, 5.74) is 3.82. The predicted molar refractivity (Wildman–Crippen MR) is 67.7 cm³/mol. The lowest BCUT2D eigenvalue weighted by Crippen LogP contribution is -2.14. The second-order valence-electron chi connectivity index (χ2n) is 4.57. The number of nitrogens with zero attached hydrogens (tertiary/aromatic N) is 2. The molecule has 0 bridgehead atoms. The first-order valence-electron chi connectivity index (χ1n) is 6.26. The zero-order valence-electron chi connectivity index (χ0n) is 10.2. The van der Waals surface area contributed by atoms with Gasteiger partial charge in [0.05, 0.1) is 5.69 Å². The predicted octanol–water partition coefficient (Wildman–Crippen LogP) is 1.93. The Labute approximate surface area is 101 Å². The molecule has 0 aliphatic carbocycles. The van der Waals surface area contributed by atoms with Crippen molar-refractivity contribution in [2.24, 2.45) is 0 Å². The summed E-state index contributed by atoms with van der Waals surface area (Å²) in [6.07, 6.45) is 7.69. The fraction of sp³-hybridized carbons (Fsp3) is 0.462. The van der Waals surface area contributed by atoms with Crippen LogP contribution >= 0.6 is 0 Å². The highest BCUT2D eigenvalue weighted by Gasteiger charge is 2.20. The smallest absolute Gasteiger partial charge is 0.142 e. The SMILES string of the molecule is CNCc1nc(-c2cc[nH]c2)n2c1CCCC2. The monoisotopic (exact) mass is 230 g/mol. The van der Waals surface area contributed by atoms with Crippen LogP contribution in [-0.4, -0.2) is 21.6 Å². The number of fused-ring (bicyclic) bond motifs is 1. The van der Waals surface area contributed by atoms with Gasteiger partial charge in [-0.3, -0.25) is 0 Å². The molecule has 3 rings (SSSR count). The molecule has 90 valence electrons. The summed E-state index contributed by atoms with van der Waals surface area (Å²) >= 11 is 0. The Morgan fingerprint density at radius 3 is 3.18 bits per heavy atom. The minimum Gasteiger partial charge on any atom is -0.367 e. The first-order chi connectivity index (χ1) is 8.40. The molecule has 2 N–H and O–H groups in total. The number of aromatic amines is 1. The number of aromatic nitrogens is 3. The highest BCUT2D eigenvalue weighted by molar-refractivity contribution is 5.56. The van der Waals surface area contributed by atoms with Crippen LogP contribution in [0.3, 0.4) is 0 Å². The third-order valence-electron chi connectivity index (χ3n) is 3.40. The lowest BCUT2D eigenvalue weighted by Gasteiger charge is -2.17. The number of rotatable bonds is 3. The van der Waals surface area contributed by atoms with Crippen molar-refractivity contribution in [3.8, 4) is 11.4 Å². The van der Waals surface area contributed by atoms with Crippen molar-refractivity contribution in [1.29, 1.82) is 0 Å². The highest BCUT2D eigenvalue weighted by Crippen LogP contribution is 2.27. The van der Waals surface area contributed by atoms with Gasteiger partial charge in [0.1, 0.15) is 5.82 Å². The molecule has 1 aliphatic rings. The molecule has 4 heteroatoms. The number of nitrogens with one attached hydrogen (secondary N) is 2. The van der Waals surface area contributed by atoms with Gasteiger partial charge in [-0.05, 0) is 32.4 Å². The van der Waals surface area contributed by atoms with E-state index in [1.54, 1.807) is 0 Å². The molecule has 0 saturated heterocycles. The van der Waals surface area contributed by atoms with E-state index in [4.69, 9.17) is 4.98 Å². The van der Waals surface area contributed by atoms with Crippen LogP contribution in [0.2, 0.25) is 0 Å². The molecule has 2 aromatic heterocycles. The van der Waals surface area contributed by atoms with Crippen molar-refractivity contribution in [2.45, 2.75) is 32.4 Å². The Hall–Kier alpha value is -1.55. The lowest BCUT2D eigenvalue weighted by atomic mass is 10.1. The van der Waals surface area contributed by atoms with Gasteiger partial charge in [0, 0.05) is 36.7 Å². The second kappa shape index (κ2) is 4.37. The van der Waals surface area contributed by atoms with Crippen LogP contribution in [0.4, 0.5) is 0 Å². The third kappa shape index (κ3) is 1.78. The van der Waals surface area contributed by atoms with Gasteiger partial charge in [0.15, 0.2) is 0 Å². The third-order valence-corrected chi connectivity index (χ3v) is 3.40. The quantitative estimate of drug-likeness (QED) is 0.846. The first-order valence-corrected chi connectivity index (χ1v) is 6.26. The van der Waals surface area contributed by atoms with Gasteiger partial charge < -0.3 is 14.9 Å². The summed E-state index contributed by atoms with van der Waals surface area (Å²) < 4.78 is 2.39. The molecule has 4 nitrogen and oxygen atoms in total. The molecular formula is C13H18N4. The molecule has 0 saturated carbocycles. The standard InChI is InChI=1S/C13H18N4/c1-14-9-11-12-4-2-3-7-17(12)13(16-11)10-5-6-15-8-10/h5-6,8,14-15H,2-4,7,9H2,1H3. The fourth-order valence-corrected chi connectivity index (χ4v) is 2.61. The minimum atomic E-state index is 0.861. The van der Waals surface area contributed by atoms with Crippen molar-refractivity contribution in [2.75, 3.05) is 7.05 Å². The van der Waals surface area contributed by atoms with E-state index in [1.165, 1.54) is 29.8 Å². The van der Waals surface area contributed by atoms with Crippen LogP contribution in [0.25, 0.3) is 11.4 Å². The van der Waals surface area contributed by atoms with Gasteiger partial charge in [-0.15, -0.1) is 0 Å². The molecule has 0 spiro atoms. The maximum atomic E-state index is 4.80. The fourth-order valence-electron chi connectivity index (χ4n) is 2.61. The van der Waals surface area contributed by atoms with E-state index >= 15 is 0 Å². The van der Waals surface area contributed by atoms with Crippen LogP contribution in [0.5, 0.6) is 0 Å². The van der Waals surface area contributed by atoms with Gasteiger partial charge in [0.2, 0.25) is 0 Å². The van der Waals surface area contributed by atoms with E-state index < -0.39 is 0 Å². The minimum absolute atomic E-state index is 0.861. The van der Waals surface area contributed by atoms with Gasteiger partial charge in [0.25, 0.3) is 0 Å². The summed E-state index contributed by atoms with van der Waals surface area (Å²) in [7, 11) is 1.98. The van der Waals surface area contributed by atoms with Gasteiger partial charge in [-0.25, -0.2) is 4.98 Å². The van der Waals surface area contributed by atoms with Gasteiger partial charge in [-0.1, -0.05) is 0 Å². The van der Waals surface area contributed by atoms with Crippen molar-refractivity contribution in [3.63, 3.8) is 0 Å². The van der Waals surface area contributed by atoms with Crippen molar-refractivity contribution in [3.05, 3.63) is 29.8 Å². The van der Waals surface area contributed by atoms with E-state index in [1.807, 2.05) is 19.4 Å². The lowest BCUT2D eigenvalue weighted by molar-refractivity contribution is 0.531. The Bertz CT molecular complexity index is 496. The molecular weight excluding hydrogens is 212 g/mol. The number of hydrogen-bond donors (Lipinski definition) is 2. The maximum absolute atomic E-state index is 4.80. The topological polar surface area (TPSA) is 45.6 Å². The van der Waals surface area contributed by atoms with Crippen LogP contribution in [0.1, 0.15) is 24.2 Å². The number of hydrogen-bond acceptors (Lipinski definition) is 2. The summed E-state index contributed by atoms with van der Waals surface area (Å²) in [5, 5.41) is 3.21. The summed E-state index contributed by atoms with van der Waals surface area (Å²) in [5.74, 6) is 1.12. The Morgan fingerprint density at radius 1 is 1.47 bits per heavy atom. The molecule has 0 amide bonds. The molecule has 0 unspecified atom stereocenters. The highest BCUT2D eigenvalue weighted by atomic mass is 15.1. The molecule has 0 atom stereocenters. The zero-order chi connectivity index (χ0) is 11.7. The van der Waals surface area contributed by atoms with E-state index in [9.17, 15) is 0 Å². The van der Waals surface area contributed by atoms with Crippen molar-refractivity contribution in [1.82, 2.24) is 19.9 Å². The number of H-pyrrole nitrogens is 1. The van der Waals surface area contributed by atoms with Gasteiger partial charge >= 0.3 is 0 Å². The van der Waals surface area contributed by atoms with Crippen molar-refractivity contribution >= 4 is 0 Å². The summed E-state index contributed by atoms with van der Waals surface area (Å²) in [4.78, 5) is 7.91. The Morgan fingerprint density at radius 2 is 2.41 bits per heavy atom. The Kier molecular flexibility index (Phi) is 2.73. The van der Waals surface area contributed by atoms with Crippen LogP contribution in [0.15, 0.2) is 18.5 Å². The Balaban J connectivity index is 2.09. The molecule has 0 fully saturated rings. The van der Waals surface area contributed by atoms with Crippen LogP contribution in [0, 0.1) is 0 Å². The molecule has 0 aromatic carbocycles. The average molecular weight is 230 g/mol. The molecule has 17 heavy (non-hydrogen) atoms. The molecule has 0 radical (unpaired) electrons. The maximum Gasteiger partial charge on any atom is 0.142 e. The normalized spacial score (nSPS) is 14.9. The molecule has 2 aromatic rings. The second-order valence-corrected chi connectivity index (χ2v) is 4.57. The van der Waals surface area contributed by atoms with Gasteiger partial charge in [-0.2, -0.15) is 0 Å². The summed E-state index contributed by atoms with van der Waals surface area (Å²) in [6, 6.07) is 2.09. The van der Waals surface area contributed by atoms with E-state index in [2.05, 4.69) is 20.9 Å². The van der Waals surface area contributed by atoms with E-state index in [-0.39, 0.29) is 0 Å². The van der Waals surface area contributed by atoms with Crippen LogP contribution < -0.4 is 5.32 Å². The van der Waals surface area contributed by atoms with Crippen LogP contribution in [-0.2, 0) is 19.5 Å². The summed E-state index contributed by atoms with van der Waals surface area (Å²) in [6.45, 7) is 1.96. The molecule has 1 aliphatic heterocycles. The van der Waals surface area contributed by atoms with E-state index in [0.717, 1.165) is 25.3 Å². The average Bonchev–Trinajstić information content (AvgIpc) is 2.97. The van der Waals surface area contributed by atoms with E-state index in [0.29, 0.717) is 0 Å². The number of imidazole rings is 1. The zero-order valence-corrected chi connectivity index (χ0v) is 10.2.